The molecule has 1 aliphatic rings. The first-order valence-corrected chi connectivity index (χ1v) is 27.5. The first-order chi connectivity index (χ1) is 36.8. The molecule has 2 rings (SSSR count). The molecule has 1 aromatic rings. The van der Waals surface area contributed by atoms with Gasteiger partial charge in [0.25, 0.3) is 0 Å². The van der Waals surface area contributed by atoms with Crippen LogP contribution in [-0.4, -0.2) is 140 Å². The Kier molecular flexibility index (Phi) is 30.5. The number of hydrogen-bond donors (Lipinski definition) is 10. The zero-order valence-electron chi connectivity index (χ0n) is 46.4. The molecule has 436 valence electrons. The van der Waals surface area contributed by atoms with E-state index in [9.17, 15) is 78.0 Å². The molecule has 10 N–H and O–H groups in total. The number of benzene rings is 1. The van der Waals surface area contributed by atoms with Gasteiger partial charge in [0, 0.05) is 64.3 Å². The number of Topliss-reactive ketones (excluding diaryl/α,β-unsaturated/α-hetero) is 5. The van der Waals surface area contributed by atoms with Crippen molar-refractivity contribution in [3.05, 3.63) is 29.8 Å². The second-order valence-corrected chi connectivity index (χ2v) is 21.3. The summed E-state index contributed by atoms with van der Waals surface area (Å²) in [5.41, 5.74) is -0.730. The Morgan fingerprint density at radius 3 is 1.78 bits per heavy atom. The van der Waals surface area contributed by atoms with Crippen LogP contribution in [0.4, 0.5) is 0 Å². The lowest BCUT2D eigenvalue weighted by atomic mass is 9.78. The van der Waals surface area contributed by atoms with Crippen molar-refractivity contribution in [3.8, 4) is 5.75 Å². The van der Waals surface area contributed by atoms with E-state index in [2.05, 4.69) is 38.8 Å². The van der Waals surface area contributed by atoms with Crippen molar-refractivity contribution in [1.82, 2.24) is 31.9 Å². The second kappa shape index (κ2) is 35.2. The van der Waals surface area contributed by atoms with E-state index in [1.165, 1.54) is 32.9 Å². The third-order valence-corrected chi connectivity index (χ3v) is 14.3. The van der Waals surface area contributed by atoms with Gasteiger partial charge in [-0.3, -0.25) is 52.7 Å². The number of rotatable bonds is 41. The normalized spacial score (nSPS) is 16.7. The van der Waals surface area contributed by atoms with E-state index in [-0.39, 0.29) is 100 Å². The summed E-state index contributed by atoms with van der Waals surface area (Å²) in [4.78, 5) is 152. The van der Waals surface area contributed by atoms with Gasteiger partial charge in [0.1, 0.15) is 35.2 Å². The van der Waals surface area contributed by atoms with Crippen LogP contribution in [0.5, 0.6) is 5.75 Å². The Balaban J connectivity index is 1.82. The number of aromatic hydroxyl groups is 1. The predicted molar refractivity (Wildman–Crippen MR) is 287 cm³/mol. The molecule has 78 heavy (non-hydrogen) atoms. The SMILES string of the molecule is CCCC[C@H](NCC(=O)C(C)(C)NC(=O)[C@@H](Cc1ccc(O)cc1)NC(C)=O)C(=O)CN[C@@H](CCCCNC(=O)CC[C@H](CC(=O)CC[C@H](NC(=O)CC[C@H](CC(=O)C1CCC(C)CC1)C(=O)O)C(=O)O)C(=O)O)C(=O)CC. The molecule has 0 saturated heterocycles. The Morgan fingerprint density at radius 2 is 1.21 bits per heavy atom. The van der Waals surface area contributed by atoms with Crippen molar-refractivity contribution < 1.29 is 78.0 Å². The highest BCUT2D eigenvalue weighted by atomic mass is 16.4. The average Bonchev–Trinajstić information content (AvgIpc) is 3.37. The number of carbonyl (C=O) groups is 12. The summed E-state index contributed by atoms with van der Waals surface area (Å²) in [5.74, 6) is -9.92. The van der Waals surface area contributed by atoms with Crippen molar-refractivity contribution in [2.75, 3.05) is 19.6 Å². The predicted octanol–water partition coefficient (Wildman–Crippen LogP) is 3.90. The van der Waals surface area contributed by atoms with E-state index >= 15 is 0 Å². The van der Waals surface area contributed by atoms with Crippen LogP contribution < -0.4 is 31.9 Å². The molecule has 1 aromatic carbocycles. The van der Waals surface area contributed by atoms with Gasteiger partial charge in [0.05, 0.1) is 42.5 Å². The van der Waals surface area contributed by atoms with Crippen molar-refractivity contribution >= 4 is 70.5 Å². The zero-order valence-corrected chi connectivity index (χ0v) is 46.4. The molecule has 0 aliphatic heterocycles. The maximum absolute atomic E-state index is 13.6. The fraction of sp³-hybridized carbons (Fsp3) is 0.679. The molecular weight excluding hydrogens is 1010 g/mol. The summed E-state index contributed by atoms with van der Waals surface area (Å²) in [6, 6.07) is 2.19. The standard InChI is InChI=1S/C56H86N6O16/c1-7-9-12-43(59-33-49(69)56(5,6)62-52(72)45(60-35(4)63)29-36-16-22-40(64)23-17-36)48(68)32-58-42(46(66)8-2)13-10-11-28-57-50(70)26-20-38(53(73)74)30-41(65)24-25-44(55(77)78)61-51(71)27-21-39(54(75)76)31-47(67)37-18-14-34(3)15-19-37/h16-17,22-23,34,37-39,42-45,58-59,64H,7-15,18-21,24-33H2,1-6H3,(H,57,70)(H,60,63)(H,61,71)(H,62,72)(H,73,74)(H,75,76)(H,77,78)/t34?,37?,38-,39-,42+,43+,44+,45-/m1/s1. The monoisotopic (exact) mass is 1100 g/mol. The molecule has 0 spiro atoms. The van der Waals surface area contributed by atoms with Crippen LogP contribution >= 0.6 is 0 Å². The average molecular weight is 1100 g/mol. The molecule has 22 heteroatoms. The van der Waals surface area contributed by atoms with E-state index in [0.717, 1.165) is 19.3 Å². The number of nitrogens with one attached hydrogen (secondary N) is 6. The molecule has 0 unspecified atom stereocenters. The number of phenolic OH excluding ortho intramolecular Hbond substituents is 1. The second-order valence-electron chi connectivity index (χ2n) is 21.3. The first-order valence-electron chi connectivity index (χ1n) is 27.5. The molecule has 1 fully saturated rings. The molecule has 1 saturated carbocycles. The van der Waals surface area contributed by atoms with Crippen molar-refractivity contribution in [3.63, 3.8) is 0 Å². The highest BCUT2D eigenvalue weighted by molar-refractivity contribution is 5.96. The summed E-state index contributed by atoms with van der Waals surface area (Å²) in [6.45, 7) is 9.81. The number of aliphatic carboxylic acids is 3. The van der Waals surface area contributed by atoms with Crippen LogP contribution in [0.15, 0.2) is 24.3 Å². The molecule has 0 radical (unpaired) electrons. The number of carboxylic acids is 3. The number of amides is 4. The van der Waals surface area contributed by atoms with Gasteiger partial charge in [-0.15, -0.1) is 0 Å². The molecule has 1 aliphatic carbocycles. The third kappa shape index (κ3) is 26.3. The van der Waals surface area contributed by atoms with Crippen LogP contribution in [0.25, 0.3) is 0 Å². The molecule has 0 bridgehead atoms. The Hall–Kier alpha value is -6.42. The van der Waals surface area contributed by atoms with Gasteiger partial charge in [-0.25, -0.2) is 4.79 Å². The smallest absolute Gasteiger partial charge is 0.326 e. The molecule has 6 atom stereocenters. The number of hydrogen-bond acceptors (Lipinski definition) is 15. The van der Waals surface area contributed by atoms with Gasteiger partial charge >= 0.3 is 17.9 Å². The highest BCUT2D eigenvalue weighted by Gasteiger charge is 2.34. The van der Waals surface area contributed by atoms with Crippen molar-refractivity contribution in [2.24, 2.45) is 23.7 Å². The van der Waals surface area contributed by atoms with Gasteiger partial charge in [-0.2, -0.15) is 0 Å². The van der Waals surface area contributed by atoms with Crippen LogP contribution in [0.2, 0.25) is 0 Å². The quantitative estimate of drug-likeness (QED) is 0.0416. The Bertz CT molecular complexity index is 2210. The summed E-state index contributed by atoms with van der Waals surface area (Å²) in [5, 5.41) is 55.2. The number of carbonyl (C=O) groups excluding carboxylic acids is 9. The fourth-order valence-electron chi connectivity index (χ4n) is 9.20. The van der Waals surface area contributed by atoms with Gasteiger partial charge in [0.15, 0.2) is 11.6 Å². The minimum atomic E-state index is -1.51. The molecular formula is C56H86N6O16. The number of unbranched alkanes of at least 4 members (excludes halogenated alkanes) is 2. The van der Waals surface area contributed by atoms with Crippen LogP contribution in [0.3, 0.4) is 0 Å². The topological polar surface area (TPSA) is 358 Å². The summed E-state index contributed by atoms with van der Waals surface area (Å²) < 4.78 is 0. The van der Waals surface area contributed by atoms with E-state index in [1.807, 2.05) is 6.92 Å². The molecule has 0 heterocycles. The first kappa shape index (κ1) is 67.7. The van der Waals surface area contributed by atoms with Gasteiger partial charge < -0.3 is 52.3 Å². The lowest BCUT2D eigenvalue weighted by Gasteiger charge is -2.29. The summed E-state index contributed by atoms with van der Waals surface area (Å²) >= 11 is 0. The van der Waals surface area contributed by atoms with E-state index in [1.54, 1.807) is 19.1 Å². The van der Waals surface area contributed by atoms with Crippen LogP contribution in [0, 0.1) is 23.7 Å². The minimum Gasteiger partial charge on any atom is -0.508 e. The molecule has 0 aromatic heterocycles. The van der Waals surface area contributed by atoms with Gasteiger partial charge in [0.2, 0.25) is 23.6 Å². The van der Waals surface area contributed by atoms with E-state index in [4.69, 9.17) is 0 Å². The number of phenols is 1. The molecule has 4 amide bonds. The van der Waals surface area contributed by atoms with Crippen LogP contribution in [0.1, 0.15) is 169 Å². The van der Waals surface area contributed by atoms with E-state index in [0.29, 0.717) is 56.4 Å². The highest BCUT2D eigenvalue weighted by Crippen LogP contribution is 2.31. The fourth-order valence-corrected chi connectivity index (χ4v) is 9.20. The maximum Gasteiger partial charge on any atom is 0.326 e. The Labute approximate surface area is 457 Å². The minimum absolute atomic E-state index is 0.0390. The molecule has 22 nitrogen and oxygen atoms in total. The summed E-state index contributed by atoms with van der Waals surface area (Å²) in [6.07, 6.45) is 4.09. The van der Waals surface area contributed by atoms with E-state index < -0.39 is 107 Å². The van der Waals surface area contributed by atoms with Gasteiger partial charge in [-0.05, 0) is 95.2 Å². The lowest BCUT2D eigenvalue weighted by Crippen LogP contribution is -2.59. The lowest BCUT2D eigenvalue weighted by molar-refractivity contribution is -0.145. The largest absolute Gasteiger partial charge is 0.508 e. The van der Waals surface area contributed by atoms with Crippen molar-refractivity contribution in [2.45, 2.75) is 200 Å². The van der Waals surface area contributed by atoms with Crippen molar-refractivity contribution in [1.29, 1.82) is 0 Å². The number of ketones is 5. The maximum atomic E-state index is 13.6. The summed E-state index contributed by atoms with van der Waals surface area (Å²) in [7, 11) is 0. The third-order valence-electron chi connectivity index (χ3n) is 14.3. The zero-order chi connectivity index (χ0) is 58.5. The Morgan fingerprint density at radius 1 is 0.628 bits per heavy atom. The van der Waals surface area contributed by atoms with Crippen LogP contribution in [-0.2, 0) is 64.0 Å². The number of carboxylic acid groups (broad SMARTS) is 3. The van der Waals surface area contributed by atoms with Gasteiger partial charge in [-0.1, -0.05) is 58.6 Å².